The van der Waals surface area contributed by atoms with Gasteiger partial charge in [0.2, 0.25) is 12.5 Å². The molecule has 0 radical (unpaired) electrons. The Labute approximate surface area is 158 Å². The van der Waals surface area contributed by atoms with Crippen molar-refractivity contribution in [3.63, 3.8) is 0 Å². The van der Waals surface area contributed by atoms with Crippen molar-refractivity contribution in [2.24, 2.45) is 0 Å². The fourth-order valence-electron chi connectivity index (χ4n) is 3.68. The number of thiocarbonyl (C=S) groups is 1. The lowest BCUT2D eigenvalue weighted by molar-refractivity contribution is 0.171. The molecule has 5 nitrogen and oxygen atoms in total. The normalized spacial score (nSPS) is 18.3. The summed E-state index contributed by atoms with van der Waals surface area (Å²) in [6.45, 7) is 3.21. The molecule has 26 heavy (non-hydrogen) atoms. The smallest absolute Gasteiger partial charge is 0.231 e. The molecule has 2 aliphatic rings. The summed E-state index contributed by atoms with van der Waals surface area (Å²) in [5.41, 5.74) is 4.45. The zero-order valence-electron chi connectivity index (χ0n) is 15.2. The van der Waals surface area contributed by atoms with Crippen LogP contribution in [-0.2, 0) is 6.42 Å². The van der Waals surface area contributed by atoms with Crippen molar-refractivity contribution in [3.05, 3.63) is 47.0 Å². The number of rotatable bonds is 3. The number of ether oxygens (including phenoxy) is 3. The minimum atomic E-state index is -0.0854. The van der Waals surface area contributed by atoms with E-state index >= 15 is 0 Å². The van der Waals surface area contributed by atoms with Crippen LogP contribution in [0.3, 0.4) is 0 Å². The molecule has 2 aromatic carbocycles. The van der Waals surface area contributed by atoms with Gasteiger partial charge in [0.25, 0.3) is 0 Å². The quantitative estimate of drug-likeness (QED) is 0.831. The molecule has 2 aromatic rings. The van der Waals surface area contributed by atoms with Gasteiger partial charge in [-0.1, -0.05) is 30.4 Å². The van der Waals surface area contributed by atoms with Gasteiger partial charge in [-0.05, 0) is 43.7 Å². The third-order valence-corrected chi connectivity index (χ3v) is 5.37. The Morgan fingerprint density at radius 1 is 1.31 bits per heavy atom. The van der Waals surface area contributed by atoms with Gasteiger partial charge >= 0.3 is 0 Å². The molecule has 1 atom stereocenters. The summed E-state index contributed by atoms with van der Waals surface area (Å²) >= 11 is 5.82. The summed E-state index contributed by atoms with van der Waals surface area (Å²) in [4.78, 5) is 3.00. The van der Waals surface area contributed by atoms with Crippen LogP contribution in [0, 0.1) is 6.92 Å². The van der Waals surface area contributed by atoms with E-state index in [1.807, 2.05) is 18.2 Å². The summed E-state index contributed by atoms with van der Waals surface area (Å²) in [7, 11) is 3.75. The Balaban J connectivity index is 1.76. The summed E-state index contributed by atoms with van der Waals surface area (Å²) in [6, 6.07) is 10.1. The second-order valence-electron chi connectivity index (χ2n) is 6.65. The second-order valence-corrected chi connectivity index (χ2v) is 7.09. The van der Waals surface area contributed by atoms with Gasteiger partial charge in [0.05, 0.1) is 13.2 Å². The molecule has 1 N–H and O–H groups in total. The van der Waals surface area contributed by atoms with E-state index in [0.29, 0.717) is 5.75 Å². The first-order valence-corrected chi connectivity index (χ1v) is 9.07. The first kappa shape index (κ1) is 17.1. The van der Waals surface area contributed by atoms with E-state index in [0.717, 1.165) is 46.3 Å². The fourth-order valence-corrected chi connectivity index (χ4v) is 4.09. The number of nitrogens with one attached hydrogen (secondary N) is 1. The minimum Gasteiger partial charge on any atom is -0.492 e. The van der Waals surface area contributed by atoms with Gasteiger partial charge in [-0.2, -0.15) is 0 Å². The predicted octanol–water partition coefficient (Wildman–Crippen LogP) is 3.70. The molecule has 6 heteroatoms. The first-order chi connectivity index (χ1) is 12.6. The van der Waals surface area contributed by atoms with E-state index in [-0.39, 0.29) is 12.8 Å². The minimum absolute atomic E-state index is 0.0854. The molecule has 0 fully saturated rings. The van der Waals surface area contributed by atoms with Crippen LogP contribution < -0.4 is 19.5 Å². The van der Waals surface area contributed by atoms with Crippen LogP contribution in [-0.4, -0.2) is 37.4 Å². The van der Waals surface area contributed by atoms with E-state index in [9.17, 15) is 0 Å². The Morgan fingerprint density at radius 3 is 2.88 bits per heavy atom. The lowest BCUT2D eigenvalue weighted by atomic mass is 9.90. The molecule has 0 bridgehead atoms. The van der Waals surface area contributed by atoms with Crippen LogP contribution in [0.2, 0.25) is 0 Å². The molecule has 2 aliphatic heterocycles. The van der Waals surface area contributed by atoms with Crippen LogP contribution in [0.25, 0.3) is 0 Å². The predicted molar refractivity (Wildman–Crippen MR) is 106 cm³/mol. The molecule has 0 amide bonds. The van der Waals surface area contributed by atoms with Crippen LogP contribution >= 0.6 is 12.2 Å². The van der Waals surface area contributed by atoms with E-state index < -0.39 is 0 Å². The highest BCUT2D eigenvalue weighted by atomic mass is 32.1. The van der Waals surface area contributed by atoms with E-state index in [1.54, 1.807) is 7.11 Å². The average Bonchev–Trinajstić information content (AvgIpc) is 3.10. The number of para-hydroxylation sites is 1. The van der Waals surface area contributed by atoms with Gasteiger partial charge in [-0.15, -0.1) is 0 Å². The van der Waals surface area contributed by atoms with Gasteiger partial charge in [0.15, 0.2) is 11.5 Å². The number of hydrogen-bond acceptors (Lipinski definition) is 5. The number of aryl methyl sites for hydroxylation is 1. The fraction of sp³-hybridized carbons (Fsp3) is 0.350. The van der Waals surface area contributed by atoms with Gasteiger partial charge < -0.3 is 19.5 Å². The standard InChI is InChI=1S/C20H22N2O3S/c1-12-6-4-5-7-14(12)21-20(26)17-16-13(8-9-22(17)2)10-15-18(19(16)23-3)25-11-24-15/h4-7,10,17H,8-9,11H2,1-3H3,(H,21,26)/t17-/m0/s1. The Hall–Kier alpha value is -2.31. The number of fused-ring (bicyclic) bond motifs is 2. The SMILES string of the molecule is COc1c2c(cc3c1[C@@H](C(=S)Nc1ccccc1C)N(C)CC3)OCO2. The van der Waals surface area contributed by atoms with Crippen molar-refractivity contribution in [2.45, 2.75) is 19.4 Å². The van der Waals surface area contributed by atoms with Crippen molar-refractivity contribution in [1.82, 2.24) is 4.90 Å². The van der Waals surface area contributed by atoms with Crippen LogP contribution in [0.5, 0.6) is 17.2 Å². The molecule has 4 rings (SSSR count). The highest BCUT2D eigenvalue weighted by molar-refractivity contribution is 7.80. The maximum Gasteiger partial charge on any atom is 0.231 e. The number of methoxy groups -OCH3 is 1. The summed E-state index contributed by atoms with van der Waals surface area (Å²) in [5, 5.41) is 3.43. The van der Waals surface area contributed by atoms with Gasteiger partial charge in [0, 0.05) is 17.8 Å². The van der Waals surface area contributed by atoms with Gasteiger partial charge in [-0.25, -0.2) is 0 Å². The Morgan fingerprint density at radius 2 is 2.12 bits per heavy atom. The van der Waals surface area contributed by atoms with Crippen molar-refractivity contribution in [3.8, 4) is 17.2 Å². The molecular weight excluding hydrogens is 348 g/mol. The molecule has 0 aromatic heterocycles. The van der Waals surface area contributed by atoms with E-state index in [1.165, 1.54) is 5.56 Å². The number of anilines is 1. The van der Waals surface area contributed by atoms with Crippen molar-refractivity contribution >= 4 is 22.9 Å². The van der Waals surface area contributed by atoms with Crippen LogP contribution in [0.4, 0.5) is 5.69 Å². The number of nitrogens with zero attached hydrogens (tertiary/aromatic N) is 1. The lowest BCUT2D eigenvalue weighted by Gasteiger charge is -2.36. The lowest BCUT2D eigenvalue weighted by Crippen LogP contribution is -2.39. The molecule has 0 saturated carbocycles. The molecule has 0 unspecified atom stereocenters. The van der Waals surface area contributed by atoms with Crippen LogP contribution in [0.15, 0.2) is 30.3 Å². The maximum absolute atomic E-state index is 5.82. The molecule has 136 valence electrons. The molecular formula is C20H22N2O3S. The molecule has 0 spiro atoms. The largest absolute Gasteiger partial charge is 0.492 e. The summed E-state index contributed by atoms with van der Waals surface area (Å²) in [5.74, 6) is 2.15. The monoisotopic (exact) mass is 370 g/mol. The van der Waals surface area contributed by atoms with Crippen molar-refractivity contribution < 1.29 is 14.2 Å². The molecule has 2 heterocycles. The molecule has 0 aliphatic carbocycles. The third kappa shape index (κ3) is 2.79. The molecule has 0 saturated heterocycles. The number of benzene rings is 2. The zero-order chi connectivity index (χ0) is 18.3. The average molecular weight is 370 g/mol. The highest BCUT2D eigenvalue weighted by Crippen LogP contribution is 2.49. The zero-order valence-corrected chi connectivity index (χ0v) is 16.0. The Bertz CT molecular complexity index is 868. The third-order valence-electron chi connectivity index (χ3n) is 5.05. The second kappa shape index (κ2) is 6.78. The number of likely N-dealkylation sites (N-methyl/N-ethyl adjacent to an activating group) is 1. The van der Waals surface area contributed by atoms with E-state index in [2.05, 4.69) is 36.3 Å². The van der Waals surface area contributed by atoms with E-state index in [4.69, 9.17) is 26.4 Å². The highest BCUT2D eigenvalue weighted by Gasteiger charge is 2.36. The topological polar surface area (TPSA) is 43.0 Å². The van der Waals surface area contributed by atoms with Gasteiger partial charge in [0.1, 0.15) is 4.99 Å². The van der Waals surface area contributed by atoms with Gasteiger partial charge in [-0.3, -0.25) is 4.90 Å². The first-order valence-electron chi connectivity index (χ1n) is 8.66. The maximum atomic E-state index is 5.82. The van der Waals surface area contributed by atoms with Crippen molar-refractivity contribution in [1.29, 1.82) is 0 Å². The van der Waals surface area contributed by atoms with Crippen molar-refractivity contribution in [2.75, 3.05) is 32.8 Å². The summed E-state index contributed by atoms with van der Waals surface area (Å²) < 4.78 is 17.0. The summed E-state index contributed by atoms with van der Waals surface area (Å²) in [6.07, 6.45) is 0.919. The number of hydrogen-bond donors (Lipinski definition) is 1. The Kier molecular flexibility index (Phi) is 4.46. The van der Waals surface area contributed by atoms with Crippen LogP contribution in [0.1, 0.15) is 22.7 Å².